The fourth-order valence-corrected chi connectivity index (χ4v) is 3.21. The molecule has 0 aromatic heterocycles. The van der Waals surface area contributed by atoms with Crippen molar-refractivity contribution in [2.75, 3.05) is 47.9 Å². The number of ether oxygens (including phenoxy) is 2. The first kappa shape index (κ1) is 19.1. The molecule has 2 amide bonds. The molecule has 25 heavy (non-hydrogen) atoms. The van der Waals surface area contributed by atoms with Crippen molar-refractivity contribution >= 4 is 11.8 Å². The summed E-state index contributed by atoms with van der Waals surface area (Å²) in [4.78, 5) is 26.5. The van der Waals surface area contributed by atoms with Gasteiger partial charge in [0.1, 0.15) is 17.5 Å². The lowest BCUT2D eigenvalue weighted by Crippen LogP contribution is -3.11. The fourth-order valence-electron chi connectivity index (χ4n) is 3.21. The van der Waals surface area contributed by atoms with Crippen LogP contribution in [0.1, 0.15) is 24.4 Å². The minimum atomic E-state index is -0.115. The third-order valence-corrected chi connectivity index (χ3v) is 4.62. The Hall–Kier alpha value is -2.28. The lowest BCUT2D eigenvalue weighted by atomic mass is 10.0. The Morgan fingerprint density at radius 2 is 2.04 bits per heavy atom. The van der Waals surface area contributed by atoms with Gasteiger partial charge in [-0.3, -0.25) is 9.59 Å². The highest BCUT2D eigenvalue weighted by Gasteiger charge is 2.34. The quantitative estimate of drug-likeness (QED) is 0.704. The highest BCUT2D eigenvalue weighted by atomic mass is 16.5. The molecule has 2 atom stereocenters. The SMILES string of the molecule is COc1ccc(OC)c([C@@H]2CCC[NH+]2CC(=O)NCC(=O)N(C)C)c1. The minimum absolute atomic E-state index is 0.0340. The van der Waals surface area contributed by atoms with E-state index in [2.05, 4.69) is 5.32 Å². The van der Waals surface area contributed by atoms with Crippen LogP contribution in [0.25, 0.3) is 0 Å². The van der Waals surface area contributed by atoms with Crippen molar-refractivity contribution in [3.8, 4) is 11.5 Å². The molecule has 1 aliphatic heterocycles. The minimum Gasteiger partial charge on any atom is -0.497 e. The van der Waals surface area contributed by atoms with Gasteiger partial charge in [0, 0.05) is 26.9 Å². The number of hydrogen-bond acceptors (Lipinski definition) is 4. The van der Waals surface area contributed by atoms with Crippen molar-refractivity contribution in [2.24, 2.45) is 0 Å². The molecule has 1 aromatic rings. The van der Waals surface area contributed by atoms with Crippen molar-refractivity contribution in [3.05, 3.63) is 23.8 Å². The van der Waals surface area contributed by atoms with Gasteiger partial charge in [0.05, 0.1) is 32.9 Å². The molecule has 0 aliphatic carbocycles. The topological polar surface area (TPSA) is 72.3 Å². The number of nitrogens with one attached hydrogen (secondary N) is 2. The van der Waals surface area contributed by atoms with Crippen LogP contribution in [0.4, 0.5) is 0 Å². The van der Waals surface area contributed by atoms with E-state index in [0.29, 0.717) is 6.54 Å². The average molecular weight is 350 g/mol. The molecule has 138 valence electrons. The maximum atomic E-state index is 12.2. The van der Waals surface area contributed by atoms with E-state index in [1.54, 1.807) is 28.3 Å². The zero-order chi connectivity index (χ0) is 18.4. The summed E-state index contributed by atoms with van der Waals surface area (Å²) in [6.45, 7) is 1.29. The van der Waals surface area contributed by atoms with Crippen LogP contribution >= 0.6 is 0 Å². The van der Waals surface area contributed by atoms with E-state index in [-0.39, 0.29) is 24.4 Å². The summed E-state index contributed by atoms with van der Waals surface area (Å²) in [5.41, 5.74) is 1.06. The van der Waals surface area contributed by atoms with E-state index in [0.717, 1.165) is 36.4 Å². The van der Waals surface area contributed by atoms with Gasteiger partial charge in [0.2, 0.25) is 5.91 Å². The second kappa shape index (κ2) is 8.71. The maximum absolute atomic E-state index is 12.2. The van der Waals surface area contributed by atoms with Gasteiger partial charge in [-0.15, -0.1) is 0 Å². The van der Waals surface area contributed by atoms with Crippen LogP contribution in [0.2, 0.25) is 0 Å². The molecule has 1 heterocycles. The highest BCUT2D eigenvalue weighted by molar-refractivity contribution is 5.84. The van der Waals surface area contributed by atoms with Crippen LogP contribution in [0, 0.1) is 0 Å². The van der Waals surface area contributed by atoms with Crippen molar-refractivity contribution in [3.63, 3.8) is 0 Å². The molecule has 1 unspecified atom stereocenters. The number of rotatable bonds is 7. The summed E-state index contributed by atoms with van der Waals surface area (Å²) in [5.74, 6) is 1.37. The normalized spacial score (nSPS) is 19.4. The molecule has 1 aliphatic rings. The molecule has 1 saturated heterocycles. The molecule has 2 N–H and O–H groups in total. The smallest absolute Gasteiger partial charge is 0.275 e. The Balaban J connectivity index is 2.05. The molecule has 0 bridgehead atoms. The van der Waals surface area contributed by atoms with Crippen LogP contribution in [0.15, 0.2) is 18.2 Å². The van der Waals surface area contributed by atoms with E-state index >= 15 is 0 Å². The van der Waals surface area contributed by atoms with Gasteiger partial charge in [-0.1, -0.05) is 0 Å². The number of carbonyl (C=O) groups excluding carboxylic acids is 2. The van der Waals surface area contributed by atoms with Gasteiger partial charge in [-0.25, -0.2) is 0 Å². The van der Waals surface area contributed by atoms with E-state index in [1.807, 2.05) is 18.2 Å². The van der Waals surface area contributed by atoms with Crippen molar-refractivity contribution < 1.29 is 24.0 Å². The average Bonchev–Trinajstić information content (AvgIpc) is 3.06. The number of nitrogens with zero attached hydrogens (tertiary/aromatic N) is 1. The number of amides is 2. The Bertz CT molecular complexity index is 618. The van der Waals surface area contributed by atoms with Gasteiger partial charge >= 0.3 is 0 Å². The van der Waals surface area contributed by atoms with E-state index in [9.17, 15) is 9.59 Å². The number of benzene rings is 1. The van der Waals surface area contributed by atoms with E-state index in [4.69, 9.17) is 9.47 Å². The summed E-state index contributed by atoms with van der Waals surface area (Å²) in [6, 6.07) is 5.94. The molecule has 0 radical (unpaired) electrons. The molecule has 0 saturated carbocycles. The summed E-state index contributed by atoms with van der Waals surface area (Å²) < 4.78 is 10.8. The summed E-state index contributed by atoms with van der Waals surface area (Å²) in [6.07, 6.45) is 2.03. The largest absolute Gasteiger partial charge is 0.497 e. The standard InChI is InChI=1S/C18H27N3O4/c1-20(2)18(23)11-19-17(22)12-21-9-5-6-15(21)14-10-13(24-3)7-8-16(14)25-4/h7-8,10,15H,5-6,9,11-12H2,1-4H3,(H,19,22)/p+1/t15-/m0/s1. The summed E-state index contributed by atoms with van der Waals surface area (Å²) in [7, 11) is 6.64. The first-order valence-corrected chi connectivity index (χ1v) is 8.49. The Morgan fingerprint density at radius 3 is 2.68 bits per heavy atom. The Kier molecular flexibility index (Phi) is 6.64. The Morgan fingerprint density at radius 1 is 1.28 bits per heavy atom. The third kappa shape index (κ3) is 4.85. The predicted molar refractivity (Wildman–Crippen MR) is 93.9 cm³/mol. The van der Waals surface area contributed by atoms with Gasteiger partial charge in [-0.05, 0) is 18.2 Å². The van der Waals surface area contributed by atoms with Crippen LogP contribution in [-0.4, -0.2) is 64.7 Å². The third-order valence-electron chi connectivity index (χ3n) is 4.62. The molecular formula is C18H28N3O4+. The van der Waals surface area contributed by atoms with Crippen molar-refractivity contribution in [2.45, 2.75) is 18.9 Å². The molecule has 7 heteroatoms. The second-order valence-electron chi connectivity index (χ2n) is 6.45. The van der Waals surface area contributed by atoms with E-state index < -0.39 is 0 Å². The van der Waals surface area contributed by atoms with E-state index in [1.165, 1.54) is 9.80 Å². The van der Waals surface area contributed by atoms with Crippen LogP contribution < -0.4 is 19.7 Å². The maximum Gasteiger partial charge on any atom is 0.275 e. The molecule has 7 nitrogen and oxygen atoms in total. The number of hydrogen-bond donors (Lipinski definition) is 2. The zero-order valence-corrected chi connectivity index (χ0v) is 15.4. The molecule has 2 rings (SSSR count). The molecule has 1 fully saturated rings. The number of methoxy groups -OCH3 is 2. The highest BCUT2D eigenvalue weighted by Crippen LogP contribution is 2.31. The second-order valence-corrected chi connectivity index (χ2v) is 6.45. The first-order chi connectivity index (χ1) is 12.0. The number of likely N-dealkylation sites (tertiary alicyclic amines) is 1. The van der Waals surface area contributed by atoms with Gasteiger partial charge in [0.15, 0.2) is 6.54 Å². The van der Waals surface area contributed by atoms with Gasteiger partial charge in [-0.2, -0.15) is 0 Å². The molecule has 1 aromatic carbocycles. The number of quaternary nitrogens is 1. The lowest BCUT2D eigenvalue weighted by molar-refractivity contribution is -0.910. The number of carbonyl (C=O) groups is 2. The van der Waals surface area contributed by atoms with Gasteiger partial charge < -0.3 is 24.6 Å². The van der Waals surface area contributed by atoms with Crippen molar-refractivity contribution in [1.29, 1.82) is 0 Å². The summed E-state index contributed by atoms with van der Waals surface area (Å²) >= 11 is 0. The first-order valence-electron chi connectivity index (χ1n) is 8.49. The molecule has 0 spiro atoms. The fraction of sp³-hybridized carbons (Fsp3) is 0.556. The molecular weight excluding hydrogens is 322 g/mol. The summed E-state index contributed by atoms with van der Waals surface area (Å²) in [5, 5.41) is 2.71. The van der Waals surface area contributed by atoms with Crippen LogP contribution in [0.5, 0.6) is 11.5 Å². The van der Waals surface area contributed by atoms with Gasteiger partial charge in [0.25, 0.3) is 5.91 Å². The lowest BCUT2D eigenvalue weighted by Gasteiger charge is -2.23. The zero-order valence-electron chi connectivity index (χ0n) is 15.4. The predicted octanol–water partition coefficient (Wildman–Crippen LogP) is -0.372. The van der Waals surface area contributed by atoms with Crippen LogP contribution in [0.3, 0.4) is 0 Å². The number of likely N-dealkylation sites (N-methyl/N-ethyl adjacent to an activating group) is 1. The Labute approximate surface area is 148 Å². The monoisotopic (exact) mass is 350 g/mol. The van der Waals surface area contributed by atoms with Crippen LogP contribution in [-0.2, 0) is 9.59 Å². The van der Waals surface area contributed by atoms with Crippen molar-refractivity contribution in [1.82, 2.24) is 10.2 Å².